The predicted molar refractivity (Wildman–Crippen MR) is 150 cm³/mol. The highest BCUT2D eigenvalue weighted by atomic mass is 16.2. The van der Waals surface area contributed by atoms with Crippen LogP contribution in [0.15, 0.2) is 24.3 Å². The van der Waals surface area contributed by atoms with Crippen molar-refractivity contribution in [1.82, 2.24) is 10.2 Å². The molecule has 1 saturated heterocycles. The Morgan fingerprint density at radius 2 is 1.68 bits per heavy atom. The topological polar surface area (TPSA) is 49.4 Å². The van der Waals surface area contributed by atoms with Gasteiger partial charge in [-0.15, -0.1) is 0 Å². The van der Waals surface area contributed by atoms with E-state index in [1.807, 2.05) is 14.0 Å². The van der Waals surface area contributed by atoms with Gasteiger partial charge in [0, 0.05) is 26.1 Å². The SMILES string of the molecule is CC(C)Cc1ccc(C(C)C(=O)NCC2CC[C@H]3[C@@H]4CCC5N(C)C(=O)CC[C@]5(C)[C@@H]4CC[C@]23C)cc1. The van der Waals surface area contributed by atoms with E-state index < -0.39 is 0 Å². The molecule has 1 aromatic carbocycles. The minimum Gasteiger partial charge on any atom is -0.355 e. The molecule has 4 nitrogen and oxygen atoms in total. The molecule has 0 aromatic heterocycles. The van der Waals surface area contributed by atoms with Crippen molar-refractivity contribution in [1.29, 1.82) is 0 Å². The van der Waals surface area contributed by atoms with E-state index in [0.29, 0.717) is 29.2 Å². The molecule has 0 bridgehead atoms. The molecule has 4 heteroatoms. The minimum absolute atomic E-state index is 0.116. The Kier molecular flexibility index (Phi) is 7.26. The predicted octanol–water partition coefficient (Wildman–Crippen LogP) is 6.58. The van der Waals surface area contributed by atoms with Crippen molar-refractivity contribution in [2.24, 2.45) is 40.4 Å². The lowest BCUT2D eigenvalue weighted by atomic mass is 9.47. The Morgan fingerprint density at radius 1 is 0.973 bits per heavy atom. The first-order chi connectivity index (χ1) is 17.5. The van der Waals surface area contributed by atoms with E-state index in [9.17, 15) is 9.59 Å². The molecule has 3 saturated carbocycles. The van der Waals surface area contributed by atoms with Gasteiger partial charge in [-0.2, -0.15) is 0 Å². The van der Waals surface area contributed by atoms with Crippen LogP contribution in [-0.2, 0) is 16.0 Å². The monoisotopic (exact) mass is 506 g/mol. The summed E-state index contributed by atoms with van der Waals surface area (Å²) in [5, 5.41) is 3.38. The molecule has 1 aliphatic heterocycles. The van der Waals surface area contributed by atoms with Gasteiger partial charge in [-0.1, -0.05) is 52.0 Å². The lowest BCUT2D eigenvalue weighted by Gasteiger charge is -2.61. The Hall–Kier alpha value is -1.84. The normalized spacial score (nSPS) is 38.1. The summed E-state index contributed by atoms with van der Waals surface area (Å²) in [7, 11) is 2.05. The summed E-state index contributed by atoms with van der Waals surface area (Å²) in [4.78, 5) is 27.7. The Balaban J connectivity index is 1.21. The fourth-order valence-electron chi connectivity index (χ4n) is 9.54. The number of piperidine rings is 1. The zero-order chi connectivity index (χ0) is 26.5. The second-order valence-corrected chi connectivity index (χ2v) is 14.1. The first-order valence-electron chi connectivity index (χ1n) is 15.2. The van der Waals surface area contributed by atoms with E-state index >= 15 is 0 Å². The first-order valence-corrected chi connectivity index (χ1v) is 15.2. The first kappa shape index (κ1) is 26.8. The number of likely N-dealkylation sites (tertiary alicyclic amines) is 1. The largest absolute Gasteiger partial charge is 0.355 e. The van der Waals surface area contributed by atoms with E-state index in [4.69, 9.17) is 0 Å². The fraction of sp³-hybridized carbons (Fsp3) is 0.758. The number of hydrogen-bond acceptors (Lipinski definition) is 2. The van der Waals surface area contributed by atoms with Crippen LogP contribution in [0.1, 0.15) is 103 Å². The third-order valence-corrected chi connectivity index (χ3v) is 11.8. The molecule has 8 atom stereocenters. The van der Waals surface area contributed by atoms with Crippen LogP contribution < -0.4 is 5.32 Å². The Bertz CT molecular complexity index is 1000. The van der Waals surface area contributed by atoms with Crippen LogP contribution in [0, 0.1) is 40.4 Å². The number of nitrogens with zero attached hydrogens (tertiary/aromatic N) is 1. The van der Waals surface area contributed by atoms with Crippen LogP contribution in [0.25, 0.3) is 0 Å². The summed E-state index contributed by atoms with van der Waals surface area (Å²) in [6, 6.07) is 9.09. The van der Waals surface area contributed by atoms with Crippen molar-refractivity contribution in [2.45, 2.75) is 104 Å². The second kappa shape index (κ2) is 10.0. The molecule has 1 aromatic rings. The molecule has 204 valence electrons. The lowest BCUT2D eigenvalue weighted by Crippen LogP contribution is -2.61. The summed E-state index contributed by atoms with van der Waals surface area (Å²) in [5.41, 5.74) is 3.07. The highest BCUT2D eigenvalue weighted by Crippen LogP contribution is 2.66. The van der Waals surface area contributed by atoms with Crippen LogP contribution in [0.5, 0.6) is 0 Å². The van der Waals surface area contributed by atoms with Gasteiger partial charge in [-0.25, -0.2) is 0 Å². The van der Waals surface area contributed by atoms with Gasteiger partial charge in [0.05, 0.1) is 5.92 Å². The molecular formula is C33H50N2O2. The molecule has 1 heterocycles. The van der Waals surface area contributed by atoms with E-state index in [1.165, 1.54) is 44.1 Å². The number of rotatable bonds is 6. The highest BCUT2D eigenvalue weighted by molar-refractivity contribution is 5.83. The molecule has 2 amide bonds. The molecule has 0 radical (unpaired) electrons. The van der Waals surface area contributed by atoms with Crippen LogP contribution in [0.3, 0.4) is 0 Å². The van der Waals surface area contributed by atoms with Gasteiger partial charge in [-0.3, -0.25) is 9.59 Å². The molecule has 3 unspecified atom stereocenters. The van der Waals surface area contributed by atoms with Crippen molar-refractivity contribution in [3.8, 4) is 0 Å². The van der Waals surface area contributed by atoms with Gasteiger partial charge in [-0.05, 0) is 110 Å². The van der Waals surface area contributed by atoms with Gasteiger partial charge < -0.3 is 10.2 Å². The number of benzene rings is 1. The Morgan fingerprint density at radius 3 is 2.38 bits per heavy atom. The summed E-state index contributed by atoms with van der Waals surface area (Å²) >= 11 is 0. The maximum Gasteiger partial charge on any atom is 0.227 e. The number of fused-ring (bicyclic) bond motifs is 5. The van der Waals surface area contributed by atoms with Crippen molar-refractivity contribution < 1.29 is 9.59 Å². The maximum atomic E-state index is 13.2. The standard InChI is InChI=1S/C33H50N2O2/c1-21(2)19-23-7-9-24(10-8-23)22(3)31(37)34-20-25-11-13-27-26-12-14-29-33(5,18-16-30(36)35(29)6)28(26)15-17-32(25,27)4/h7-10,21-22,25-29H,11-20H2,1-6H3,(H,34,37)/t22?,25?,26-,27-,28+,29?,32+,33+/m0/s1. The molecule has 4 fully saturated rings. The Labute approximate surface area is 225 Å². The van der Waals surface area contributed by atoms with Gasteiger partial charge in [0.25, 0.3) is 0 Å². The van der Waals surface area contributed by atoms with E-state index in [1.54, 1.807) is 0 Å². The number of carbonyl (C=O) groups is 2. The van der Waals surface area contributed by atoms with Crippen molar-refractivity contribution >= 4 is 11.8 Å². The third kappa shape index (κ3) is 4.65. The summed E-state index contributed by atoms with van der Waals surface area (Å²) < 4.78 is 0. The van der Waals surface area contributed by atoms with Crippen LogP contribution in [-0.4, -0.2) is 36.3 Å². The number of hydrogen-bond donors (Lipinski definition) is 1. The smallest absolute Gasteiger partial charge is 0.227 e. The average molecular weight is 507 g/mol. The molecule has 3 aliphatic carbocycles. The van der Waals surface area contributed by atoms with Crippen molar-refractivity contribution in [3.05, 3.63) is 35.4 Å². The van der Waals surface area contributed by atoms with Crippen LogP contribution in [0.2, 0.25) is 0 Å². The molecule has 1 N–H and O–H groups in total. The van der Waals surface area contributed by atoms with Gasteiger partial charge in [0.15, 0.2) is 0 Å². The molecule has 0 spiro atoms. The maximum absolute atomic E-state index is 13.2. The second-order valence-electron chi connectivity index (χ2n) is 14.1. The fourth-order valence-corrected chi connectivity index (χ4v) is 9.54. The zero-order valence-corrected chi connectivity index (χ0v) is 24.2. The lowest BCUT2D eigenvalue weighted by molar-refractivity contribution is -0.158. The van der Waals surface area contributed by atoms with Crippen molar-refractivity contribution in [2.75, 3.05) is 13.6 Å². The van der Waals surface area contributed by atoms with E-state index in [0.717, 1.165) is 49.1 Å². The highest BCUT2D eigenvalue weighted by Gasteiger charge is 2.61. The average Bonchev–Trinajstić information content (AvgIpc) is 3.21. The van der Waals surface area contributed by atoms with Gasteiger partial charge in [0.2, 0.25) is 11.8 Å². The van der Waals surface area contributed by atoms with Crippen LogP contribution >= 0.6 is 0 Å². The molecule has 37 heavy (non-hydrogen) atoms. The quantitative estimate of drug-likeness (QED) is 0.473. The summed E-state index contributed by atoms with van der Waals surface area (Å²) in [6.45, 7) is 12.4. The molecule has 5 rings (SSSR count). The zero-order valence-electron chi connectivity index (χ0n) is 24.2. The number of nitrogens with one attached hydrogen (secondary N) is 1. The van der Waals surface area contributed by atoms with Gasteiger partial charge >= 0.3 is 0 Å². The van der Waals surface area contributed by atoms with Crippen LogP contribution in [0.4, 0.5) is 0 Å². The summed E-state index contributed by atoms with van der Waals surface area (Å²) in [6.07, 6.45) is 10.4. The third-order valence-electron chi connectivity index (χ3n) is 11.8. The number of carbonyl (C=O) groups excluding carboxylic acids is 2. The number of amides is 2. The summed E-state index contributed by atoms with van der Waals surface area (Å²) in [5.74, 6) is 3.90. The molecular weight excluding hydrogens is 456 g/mol. The minimum atomic E-state index is -0.116. The molecule has 4 aliphatic rings. The van der Waals surface area contributed by atoms with Crippen molar-refractivity contribution in [3.63, 3.8) is 0 Å². The van der Waals surface area contributed by atoms with Gasteiger partial charge in [0.1, 0.15) is 0 Å². The van der Waals surface area contributed by atoms with E-state index in [2.05, 4.69) is 62.2 Å². The van der Waals surface area contributed by atoms with E-state index in [-0.39, 0.29) is 17.2 Å².